The number of rotatable bonds is 6. The molecule has 166 valence electrons. The molecule has 1 aliphatic carbocycles. The van der Waals surface area contributed by atoms with Crippen LogP contribution in [0, 0.1) is 11.8 Å². The largest absolute Gasteiger partial charge is 0.370 e. The number of piperazine rings is 1. The number of halogens is 1. The summed E-state index contributed by atoms with van der Waals surface area (Å²) in [5, 5.41) is 3.47. The first-order valence-corrected chi connectivity index (χ1v) is 10.8. The van der Waals surface area contributed by atoms with Gasteiger partial charge in [0.05, 0.1) is 0 Å². The molecule has 9 heteroatoms. The van der Waals surface area contributed by atoms with E-state index in [2.05, 4.69) is 25.0 Å². The Kier molecular flexibility index (Phi) is 9.94. The molecule has 0 spiro atoms. The van der Waals surface area contributed by atoms with Crippen LogP contribution in [0.4, 0.5) is 0 Å². The molecule has 0 radical (unpaired) electrons. The average Bonchev–Trinajstić information content (AvgIpc) is 2.64. The fourth-order valence-electron chi connectivity index (χ4n) is 4.47. The highest BCUT2D eigenvalue weighted by Gasteiger charge is 2.31. The maximum absolute atomic E-state index is 12.3. The minimum Gasteiger partial charge on any atom is -0.370 e. The summed E-state index contributed by atoms with van der Waals surface area (Å²) in [6.45, 7) is 7.19. The number of likely N-dealkylation sites (tertiary alicyclic amines) is 1. The van der Waals surface area contributed by atoms with E-state index in [1.54, 1.807) is 0 Å². The summed E-state index contributed by atoms with van der Waals surface area (Å²) in [5.74, 6) is 1.70. The van der Waals surface area contributed by atoms with E-state index < -0.39 is 0 Å². The third kappa shape index (κ3) is 6.97. The van der Waals surface area contributed by atoms with Gasteiger partial charge in [0.2, 0.25) is 11.8 Å². The lowest BCUT2D eigenvalue weighted by atomic mass is 9.84. The average molecular weight is 520 g/mol. The van der Waals surface area contributed by atoms with Gasteiger partial charge in [-0.1, -0.05) is 6.42 Å². The number of carbonyl (C=O) groups is 2. The second-order valence-corrected chi connectivity index (χ2v) is 8.39. The van der Waals surface area contributed by atoms with Crippen LogP contribution in [0.3, 0.4) is 0 Å². The molecule has 0 aromatic heterocycles. The molecule has 1 atom stereocenters. The number of aliphatic imine (C=N–C) groups is 1. The maximum atomic E-state index is 12.3. The van der Waals surface area contributed by atoms with Gasteiger partial charge in [0.1, 0.15) is 0 Å². The second kappa shape index (κ2) is 11.9. The molecule has 3 N–H and O–H groups in total. The number of primary amides is 1. The van der Waals surface area contributed by atoms with Gasteiger partial charge in [-0.25, -0.2) is 0 Å². The Morgan fingerprint density at radius 1 is 1.03 bits per heavy atom. The van der Waals surface area contributed by atoms with Crippen LogP contribution in [0.1, 0.15) is 38.5 Å². The van der Waals surface area contributed by atoms with Gasteiger partial charge in [-0.3, -0.25) is 19.5 Å². The van der Waals surface area contributed by atoms with Crippen molar-refractivity contribution >= 4 is 41.8 Å². The summed E-state index contributed by atoms with van der Waals surface area (Å²) < 4.78 is 0. The Hall–Kier alpha value is -1.10. The molecule has 3 rings (SSSR count). The molecule has 2 aliphatic heterocycles. The number of nitrogens with one attached hydrogen (secondary N) is 1. The minimum atomic E-state index is -0.218. The zero-order chi connectivity index (χ0) is 19.9. The fourth-order valence-corrected chi connectivity index (χ4v) is 4.47. The van der Waals surface area contributed by atoms with E-state index in [0.29, 0.717) is 24.2 Å². The monoisotopic (exact) mass is 520 g/mol. The molecule has 0 aromatic rings. The van der Waals surface area contributed by atoms with Gasteiger partial charge in [-0.15, -0.1) is 24.0 Å². The Bertz CT molecular complexity index is 575. The number of amides is 2. The Morgan fingerprint density at radius 3 is 2.34 bits per heavy atom. The Morgan fingerprint density at radius 2 is 1.76 bits per heavy atom. The predicted molar refractivity (Wildman–Crippen MR) is 125 cm³/mol. The molecule has 29 heavy (non-hydrogen) atoms. The predicted octanol–water partition coefficient (Wildman–Crippen LogP) is 0.712. The topological polar surface area (TPSA) is 94.3 Å². The van der Waals surface area contributed by atoms with E-state index in [9.17, 15) is 9.59 Å². The molecule has 0 bridgehead atoms. The van der Waals surface area contributed by atoms with Crippen LogP contribution in [0.5, 0.6) is 0 Å². The normalized spacial score (nSPS) is 23.9. The van der Waals surface area contributed by atoms with Crippen LogP contribution in [0.15, 0.2) is 4.99 Å². The molecule has 2 saturated heterocycles. The molecular weight excluding hydrogens is 483 g/mol. The van der Waals surface area contributed by atoms with Crippen molar-refractivity contribution in [2.24, 2.45) is 22.6 Å². The SMILES string of the molecule is CN=C(NCCN1CCN(C(=O)C2CCC2)CC1)N1CCCC(CC(N)=O)C1.I. The zero-order valence-electron chi connectivity index (χ0n) is 17.6. The van der Waals surface area contributed by atoms with Gasteiger partial charge in [-0.2, -0.15) is 0 Å². The van der Waals surface area contributed by atoms with E-state index in [0.717, 1.165) is 84.0 Å². The Labute approximate surface area is 191 Å². The summed E-state index contributed by atoms with van der Waals surface area (Å²) in [6.07, 6.45) is 5.95. The molecule has 2 amide bonds. The lowest BCUT2D eigenvalue weighted by molar-refractivity contribution is -0.139. The lowest BCUT2D eigenvalue weighted by Crippen LogP contribution is -2.53. The van der Waals surface area contributed by atoms with Crippen molar-refractivity contribution in [1.29, 1.82) is 0 Å². The molecule has 1 unspecified atom stereocenters. The number of carbonyl (C=O) groups excluding carboxylic acids is 2. The van der Waals surface area contributed by atoms with Crippen LogP contribution in [0.25, 0.3) is 0 Å². The van der Waals surface area contributed by atoms with E-state index in [1.807, 2.05) is 7.05 Å². The van der Waals surface area contributed by atoms with Crippen molar-refractivity contribution in [3.63, 3.8) is 0 Å². The summed E-state index contributed by atoms with van der Waals surface area (Å²) in [6, 6.07) is 0. The molecule has 3 fully saturated rings. The van der Waals surface area contributed by atoms with Crippen LogP contribution in [0.2, 0.25) is 0 Å². The molecule has 1 saturated carbocycles. The minimum absolute atomic E-state index is 0. The zero-order valence-corrected chi connectivity index (χ0v) is 20.0. The Balaban J connectivity index is 0.00000300. The van der Waals surface area contributed by atoms with Crippen molar-refractivity contribution in [1.82, 2.24) is 20.0 Å². The third-order valence-corrected chi connectivity index (χ3v) is 6.37. The van der Waals surface area contributed by atoms with Crippen LogP contribution in [-0.2, 0) is 9.59 Å². The van der Waals surface area contributed by atoms with Crippen LogP contribution >= 0.6 is 24.0 Å². The summed E-state index contributed by atoms with van der Waals surface area (Å²) in [4.78, 5) is 34.7. The summed E-state index contributed by atoms with van der Waals surface area (Å²) >= 11 is 0. The van der Waals surface area contributed by atoms with Crippen molar-refractivity contribution in [2.75, 3.05) is 59.4 Å². The van der Waals surface area contributed by atoms with Gasteiger partial charge in [0.15, 0.2) is 5.96 Å². The van der Waals surface area contributed by atoms with Crippen molar-refractivity contribution < 1.29 is 9.59 Å². The number of nitrogens with two attached hydrogens (primary N) is 1. The van der Waals surface area contributed by atoms with E-state index in [-0.39, 0.29) is 29.9 Å². The van der Waals surface area contributed by atoms with Crippen molar-refractivity contribution in [3.05, 3.63) is 0 Å². The van der Waals surface area contributed by atoms with Crippen molar-refractivity contribution in [3.8, 4) is 0 Å². The van der Waals surface area contributed by atoms with Crippen molar-refractivity contribution in [2.45, 2.75) is 38.5 Å². The standard InChI is InChI=1S/C20H36N6O2.HI/c1-22-20(26-8-3-4-16(15-26)14-18(21)27)23-7-9-24-10-12-25(13-11-24)19(28)17-5-2-6-17;/h16-17H,2-15H2,1H3,(H2,21,27)(H,22,23);1H. The summed E-state index contributed by atoms with van der Waals surface area (Å²) in [7, 11) is 1.81. The third-order valence-electron chi connectivity index (χ3n) is 6.37. The van der Waals surface area contributed by atoms with Gasteiger partial charge < -0.3 is 20.9 Å². The highest BCUT2D eigenvalue weighted by molar-refractivity contribution is 14.0. The number of nitrogens with zero attached hydrogens (tertiary/aromatic N) is 4. The lowest BCUT2D eigenvalue weighted by Gasteiger charge is -2.38. The van der Waals surface area contributed by atoms with Gasteiger partial charge in [0.25, 0.3) is 0 Å². The number of hydrogen-bond acceptors (Lipinski definition) is 4. The van der Waals surface area contributed by atoms with Crippen LogP contribution < -0.4 is 11.1 Å². The van der Waals surface area contributed by atoms with Gasteiger partial charge >= 0.3 is 0 Å². The van der Waals surface area contributed by atoms with Gasteiger partial charge in [0, 0.05) is 71.7 Å². The molecule has 8 nitrogen and oxygen atoms in total. The quantitative estimate of drug-likeness (QED) is 0.306. The maximum Gasteiger partial charge on any atom is 0.225 e. The van der Waals surface area contributed by atoms with E-state index in [1.165, 1.54) is 6.42 Å². The first-order valence-electron chi connectivity index (χ1n) is 10.8. The fraction of sp³-hybridized carbons (Fsp3) is 0.850. The highest BCUT2D eigenvalue weighted by Crippen LogP contribution is 2.28. The smallest absolute Gasteiger partial charge is 0.225 e. The van der Waals surface area contributed by atoms with Gasteiger partial charge in [-0.05, 0) is 31.6 Å². The molecule has 0 aromatic carbocycles. The second-order valence-electron chi connectivity index (χ2n) is 8.39. The number of piperidine rings is 1. The van der Waals surface area contributed by atoms with Crippen LogP contribution in [-0.4, -0.2) is 91.9 Å². The molecular formula is C20H37IN6O2. The first-order chi connectivity index (χ1) is 13.6. The molecule has 3 aliphatic rings. The number of guanidine groups is 1. The first kappa shape index (κ1) is 24.2. The molecule has 2 heterocycles. The number of hydrogen-bond donors (Lipinski definition) is 2. The van der Waals surface area contributed by atoms with E-state index >= 15 is 0 Å². The highest BCUT2D eigenvalue weighted by atomic mass is 127. The van der Waals surface area contributed by atoms with E-state index in [4.69, 9.17) is 5.73 Å². The summed E-state index contributed by atoms with van der Waals surface area (Å²) in [5.41, 5.74) is 5.36.